The summed E-state index contributed by atoms with van der Waals surface area (Å²) in [4.78, 5) is 8.49. The van der Waals surface area contributed by atoms with Crippen molar-refractivity contribution in [3.05, 3.63) is 41.9 Å². The van der Waals surface area contributed by atoms with Gasteiger partial charge in [0.1, 0.15) is 12.4 Å². The van der Waals surface area contributed by atoms with Crippen molar-refractivity contribution < 1.29 is 9.47 Å². The van der Waals surface area contributed by atoms with Crippen LogP contribution < -0.4 is 20.7 Å². The minimum absolute atomic E-state index is 0.247. The summed E-state index contributed by atoms with van der Waals surface area (Å²) in [5, 5.41) is 0. The van der Waals surface area contributed by atoms with Gasteiger partial charge in [-0.15, -0.1) is 0 Å². The van der Waals surface area contributed by atoms with Crippen molar-refractivity contribution >= 4 is 5.82 Å². The number of benzene rings is 1. The van der Waals surface area contributed by atoms with Crippen molar-refractivity contribution in [1.82, 2.24) is 9.97 Å². The van der Waals surface area contributed by atoms with E-state index in [0.717, 1.165) is 5.69 Å². The number of rotatable bonds is 5. The van der Waals surface area contributed by atoms with E-state index in [4.69, 9.17) is 15.3 Å². The molecule has 0 saturated carbocycles. The van der Waals surface area contributed by atoms with Gasteiger partial charge < -0.3 is 14.9 Å². The molecule has 1 aromatic carbocycles. The third-order valence-corrected chi connectivity index (χ3v) is 2.47. The van der Waals surface area contributed by atoms with E-state index >= 15 is 0 Å². The Bertz CT molecular complexity index is 560. The maximum Gasteiger partial charge on any atom is 0.168 e. The quantitative estimate of drug-likeness (QED) is 0.628. The maximum absolute atomic E-state index is 5.65. The Labute approximate surface area is 111 Å². The number of ether oxygens (including phenoxy) is 2. The molecule has 6 heteroatoms. The van der Waals surface area contributed by atoms with Crippen molar-refractivity contribution in [2.75, 3.05) is 12.5 Å². The van der Waals surface area contributed by atoms with Gasteiger partial charge in [-0.05, 0) is 19.1 Å². The van der Waals surface area contributed by atoms with Gasteiger partial charge in [-0.2, -0.15) is 0 Å². The highest BCUT2D eigenvalue weighted by molar-refractivity contribution is 5.39. The van der Waals surface area contributed by atoms with Gasteiger partial charge in [0.15, 0.2) is 17.3 Å². The summed E-state index contributed by atoms with van der Waals surface area (Å²) in [7, 11) is 1.60. The second-order valence-electron chi connectivity index (χ2n) is 3.89. The molecule has 0 fully saturated rings. The average Bonchev–Trinajstić information content (AvgIpc) is 2.44. The first-order valence-corrected chi connectivity index (χ1v) is 5.80. The van der Waals surface area contributed by atoms with E-state index in [1.807, 2.05) is 31.2 Å². The van der Waals surface area contributed by atoms with Gasteiger partial charge in [-0.3, -0.25) is 0 Å². The Hall–Kier alpha value is -2.34. The SMILES string of the molecule is COc1ccccc1OCc1nc(C)cc(NN)n1. The van der Waals surface area contributed by atoms with Crippen LogP contribution in [0.3, 0.4) is 0 Å². The van der Waals surface area contributed by atoms with E-state index in [2.05, 4.69) is 15.4 Å². The lowest BCUT2D eigenvalue weighted by Gasteiger charge is -2.10. The molecule has 0 amide bonds. The predicted octanol–water partition coefficient (Wildman–Crippen LogP) is 1.66. The Morgan fingerprint density at radius 2 is 1.95 bits per heavy atom. The van der Waals surface area contributed by atoms with Crippen LogP contribution in [0.15, 0.2) is 30.3 Å². The molecule has 0 aliphatic carbocycles. The topological polar surface area (TPSA) is 82.3 Å². The molecule has 0 atom stereocenters. The number of methoxy groups -OCH3 is 1. The van der Waals surface area contributed by atoms with Gasteiger partial charge in [0.2, 0.25) is 0 Å². The summed E-state index contributed by atoms with van der Waals surface area (Å²) in [6.07, 6.45) is 0. The van der Waals surface area contributed by atoms with Crippen LogP contribution in [0.25, 0.3) is 0 Å². The van der Waals surface area contributed by atoms with Crippen LogP contribution in [-0.4, -0.2) is 17.1 Å². The molecule has 2 rings (SSSR count). The van der Waals surface area contributed by atoms with Gasteiger partial charge >= 0.3 is 0 Å². The van der Waals surface area contributed by atoms with E-state index in [0.29, 0.717) is 23.1 Å². The summed E-state index contributed by atoms with van der Waals surface area (Å²) in [5.74, 6) is 7.78. The molecule has 2 aromatic rings. The lowest BCUT2D eigenvalue weighted by atomic mass is 10.3. The number of hydrazine groups is 1. The molecule has 6 nitrogen and oxygen atoms in total. The van der Waals surface area contributed by atoms with E-state index in [1.165, 1.54) is 0 Å². The molecule has 0 saturated heterocycles. The maximum atomic E-state index is 5.65. The molecule has 0 spiro atoms. The number of aryl methyl sites for hydroxylation is 1. The number of hydrogen-bond acceptors (Lipinski definition) is 6. The first kappa shape index (κ1) is 13.1. The Kier molecular flexibility index (Phi) is 4.15. The van der Waals surface area contributed by atoms with E-state index < -0.39 is 0 Å². The molecular formula is C13H16N4O2. The molecule has 100 valence electrons. The highest BCUT2D eigenvalue weighted by Gasteiger charge is 2.06. The Morgan fingerprint density at radius 1 is 1.21 bits per heavy atom. The predicted molar refractivity (Wildman–Crippen MR) is 71.9 cm³/mol. The normalized spacial score (nSPS) is 10.1. The summed E-state index contributed by atoms with van der Waals surface area (Å²) >= 11 is 0. The second-order valence-corrected chi connectivity index (χ2v) is 3.89. The number of hydrogen-bond donors (Lipinski definition) is 2. The number of nitrogens with two attached hydrogens (primary N) is 1. The number of nitrogen functional groups attached to an aromatic ring is 1. The molecule has 3 N–H and O–H groups in total. The number of aromatic nitrogens is 2. The van der Waals surface area contributed by atoms with E-state index in [9.17, 15) is 0 Å². The lowest BCUT2D eigenvalue weighted by Crippen LogP contribution is -2.12. The summed E-state index contributed by atoms with van der Waals surface area (Å²) < 4.78 is 10.9. The largest absolute Gasteiger partial charge is 0.493 e. The van der Waals surface area contributed by atoms with Gasteiger partial charge in [-0.1, -0.05) is 12.1 Å². The number of anilines is 1. The number of nitrogens with one attached hydrogen (secondary N) is 1. The van der Waals surface area contributed by atoms with Gasteiger partial charge in [0, 0.05) is 11.8 Å². The second kappa shape index (κ2) is 6.01. The highest BCUT2D eigenvalue weighted by atomic mass is 16.5. The van der Waals surface area contributed by atoms with Crippen molar-refractivity contribution in [2.24, 2.45) is 5.84 Å². The third-order valence-electron chi connectivity index (χ3n) is 2.47. The first-order chi connectivity index (χ1) is 9.22. The van der Waals surface area contributed by atoms with Crippen LogP contribution in [0, 0.1) is 6.92 Å². The summed E-state index contributed by atoms with van der Waals surface area (Å²) in [6, 6.07) is 9.18. The zero-order valence-electron chi connectivity index (χ0n) is 10.9. The smallest absolute Gasteiger partial charge is 0.168 e. The van der Waals surface area contributed by atoms with Gasteiger partial charge in [-0.25, -0.2) is 15.8 Å². The number of para-hydroxylation sites is 2. The van der Waals surface area contributed by atoms with Crippen molar-refractivity contribution in [1.29, 1.82) is 0 Å². The van der Waals surface area contributed by atoms with Crippen molar-refractivity contribution in [3.63, 3.8) is 0 Å². The van der Waals surface area contributed by atoms with Crippen LogP contribution in [-0.2, 0) is 6.61 Å². The first-order valence-electron chi connectivity index (χ1n) is 5.80. The van der Waals surface area contributed by atoms with Crippen LogP contribution in [0.2, 0.25) is 0 Å². The van der Waals surface area contributed by atoms with Crippen LogP contribution in [0.5, 0.6) is 11.5 Å². The zero-order valence-corrected chi connectivity index (χ0v) is 10.9. The summed E-state index contributed by atoms with van der Waals surface area (Å²) in [6.45, 7) is 2.12. The van der Waals surface area contributed by atoms with Crippen molar-refractivity contribution in [2.45, 2.75) is 13.5 Å². The highest BCUT2D eigenvalue weighted by Crippen LogP contribution is 2.26. The molecule has 0 aliphatic rings. The van der Waals surface area contributed by atoms with Crippen LogP contribution >= 0.6 is 0 Å². The molecule has 0 unspecified atom stereocenters. The fourth-order valence-corrected chi connectivity index (χ4v) is 1.65. The molecule has 0 aliphatic heterocycles. The average molecular weight is 260 g/mol. The van der Waals surface area contributed by atoms with E-state index in [1.54, 1.807) is 13.2 Å². The number of nitrogens with zero attached hydrogens (tertiary/aromatic N) is 2. The van der Waals surface area contributed by atoms with Crippen molar-refractivity contribution in [3.8, 4) is 11.5 Å². The van der Waals surface area contributed by atoms with Crippen LogP contribution in [0.1, 0.15) is 11.5 Å². The lowest BCUT2D eigenvalue weighted by molar-refractivity contribution is 0.276. The molecule has 19 heavy (non-hydrogen) atoms. The minimum atomic E-state index is 0.247. The van der Waals surface area contributed by atoms with Gasteiger partial charge in [0.05, 0.1) is 7.11 Å². The molecule has 1 heterocycles. The van der Waals surface area contributed by atoms with Crippen LogP contribution in [0.4, 0.5) is 5.82 Å². The monoisotopic (exact) mass is 260 g/mol. The standard InChI is InChI=1S/C13H16N4O2/c1-9-7-12(17-14)16-13(15-9)8-19-11-6-4-3-5-10(11)18-2/h3-7H,8,14H2,1-2H3,(H,15,16,17). The van der Waals surface area contributed by atoms with E-state index in [-0.39, 0.29) is 6.61 Å². The summed E-state index contributed by atoms with van der Waals surface area (Å²) in [5.41, 5.74) is 3.32. The Balaban J connectivity index is 2.12. The molecular weight excluding hydrogens is 244 g/mol. The Morgan fingerprint density at radius 3 is 2.63 bits per heavy atom. The van der Waals surface area contributed by atoms with Gasteiger partial charge in [0.25, 0.3) is 0 Å². The molecule has 0 radical (unpaired) electrons. The molecule has 0 bridgehead atoms. The minimum Gasteiger partial charge on any atom is -0.493 e. The third kappa shape index (κ3) is 3.32. The zero-order chi connectivity index (χ0) is 13.7. The fraction of sp³-hybridized carbons (Fsp3) is 0.231. The fourth-order valence-electron chi connectivity index (χ4n) is 1.65. The molecule has 1 aromatic heterocycles.